The van der Waals surface area contributed by atoms with Crippen LogP contribution in [0, 0.1) is 0 Å². The summed E-state index contributed by atoms with van der Waals surface area (Å²) in [5.74, 6) is 0.663. The minimum atomic E-state index is 0.663. The Bertz CT molecular complexity index is 2840. The van der Waals surface area contributed by atoms with Gasteiger partial charge in [0.25, 0.3) is 0 Å². The first-order valence-electron chi connectivity index (χ1n) is 15.9. The molecule has 3 heterocycles. The maximum absolute atomic E-state index is 5.16. The number of para-hydroxylation sites is 2. The van der Waals surface area contributed by atoms with Gasteiger partial charge in [0, 0.05) is 22.1 Å². The number of nitrogens with zero attached hydrogens (tertiary/aromatic N) is 5. The second-order valence-corrected chi connectivity index (χ2v) is 12.9. The summed E-state index contributed by atoms with van der Waals surface area (Å²) >= 11 is 1.76. The summed E-state index contributed by atoms with van der Waals surface area (Å²) in [5.41, 5.74) is 9.66. The maximum Gasteiger partial charge on any atom is 0.182 e. The quantitative estimate of drug-likeness (QED) is 0.181. The summed E-state index contributed by atoms with van der Waals surface area (Å²) in [6.45, 7) is 0. The third-order valence-corrected chi connectivity index (χ3v) is 10.2. The second-order valence-electron chi connectivity index (χ2n) is 11.9. The summed E-state index contributed by atoms with van der Waals surface area (Å²) in [6, 6.07) is 52.7. The van der Waals surface area contributed by atoms with Crippen molar-refractivity contribution in [3.8, 4) is 44.3 Å². The van der Waals surface area contributed by atoms with Gasteiger partial charge in [0.15, 0.2) is 11.5 Å². The van der Waals surface area contributed by atoms with Crippen LogP contribution in [0.4, 0.5) is 0 Å². The number of fused-ring (bicyclic) bond motifs is 8. The van der Waals surface area contributed by atoms with Crippen LogP contribution in [-0.4, -0.2) is 24.6 Å². The standard InChI is InChI=1S/C42H25N5S/c1-3-11-28(12-4-1)38-41-45-40(46-47(41)36-18-10-9-17-34(36)43-38)32-16-8-7-15-31(32)30-22-20-26-19-21-27-23-24-35-39(37(27)33(26)25-30)48-42(44-35)29-13-5-2-6-14-29/h1-25H. The van der Waals surface area contributed by atoms with Crippen molar-refractivity contribution >= 4 is 59.8 Å². The Morgan fingerprint density at radius 1 is 0.500 bits per heavy atom. The van der Waals surface area contributed by atoms with Crippen LogP contribution in [0.3, 0.4) is 0 Å². The highest BCUT2D eigenvalue weighted by molar-refractivity contribution is 7.22. The van der Waals surface area contributed by atoms with E-state index in [1.54, 1.807) is 11.3 Å². The Morgan fingerprint density at radius 3 is 2.04 bits per heavy atom. The van der Waals surface area contributed by atoms with E-state index in [-0.39, 0.29) is 0 Å². The predicted molar refractivity (Wildman–Crippen MR) is 198 cm³/mol. The molecule has 0 unspecified atom stereocenters. The van der Waals surface area contributed by atoms with Gasteiger partial charge >= 0.3 is 0 Å². The van der Waals surface area contributed by atoms with Crippen molar-refractivity contribution in [1.29, 1.82) is 0 Å². The number of hydrogen-bond acceptors (Lipinski definition) is 5. The molecule has 0 saturated carbocycles. The van der Waals surface area contributed by atoms with Crippen molar-refractivity contribution in [1.82, 2.24) is 24.6 Å². The molecular formula is C42H25N5S. The van der Waals surface area contributed by atoms with E-state index in [0.29, 0.717) is 5.82 Å². The van der Waals surface area contributed by atoms with E-state index >= 15 is 0 Å². The van der Waals surface area contributed by atoms with Crippen LogP contribution in [0.1, 0.15) is 0 Å². The van der Waals surface area contributed by atoms with Crippen LogP contribution in [0.5, 0.6) is 0 Å². The lowest BCUT2D eigenvalue weighted by molar-refractivity contribution is 1.00. The number of thiazole rings is 1. The molecule has 0 radical (unpaired) electrons. The Morgan fingerprint density at radius 2 is 1.19 bits per heavy atom. The van der Waals surface area contributed by atoms with E-state index < -0.39 is 0 Å². The summed E-state index contributed by atoms with van der Waals surface area (Å²) in [7, 11) is 0. The van der Waals surface area contributed by atoms with Gasteiger partial charge in [-0.05, 0) is 51.6 Å². The van der Waals surface area contributed by atoms with Crippen molar-refractivity contribution in [3.05, 3.63) is 152 Å². The van der Waals surface area contributed by atoms with E-state index in [4.69, 9.17) is 20.1 Å². The molecule has 224 valence electrons. The number of rotatable bonds is 4. The molecule has 0 amide bonds. The molecule has 0 aliphatic carbocycles. The van der Waals surface area contributed by atoms with Crippen molar-refractivity contribution in [2.24, 2.45) is 0 Å². The summed E-state index contributed by atoms with van der Waals surface area (Å²) < 4.78 is 3.15. The summed E-state index contributed by atoms with van der Waals surface area (Å²) in [5, 5.41) is 11.0. The molecule has 0 bridgehead atoms. The fourth-order valence-electron chi connectivity index (χ4n) is 6.77. The normalized spacial score (nSPS) is 11.8. The highest BCUT2D eigenvalue weighted by atomic mass is 32.1. The van der Waals surface area contributed by atoms with Crippen molar-refractivity contribution in [2.75, 3.05) is 0 Å². The third kappa shape index (κ3) is 4.24. The largest absolute Gasteiger partial charge is 0.242 e. The molecule has 3 aromatic heterocycles. The molecule has 0 N–H and O–H groups in total. The zero-order chi connectivity index (χ0) is 31.6. The van der Waals surface area contributed by atoms with Gasteiger partial charge in [-0.15, -0.1) is 16.4 Å². The molecule has 10 aromatic rings. The molecule has 0 atom stereocenters. The van der Waals surface area contributed by atoms with Crippen LogP contribution in [0.2, 0.25) is 0 Å². The first kappa shape index (κ1) is 26.9. The highest BCUT2D eigenvalue weighted by Gasteiger charge is 2.19. The molecule has 0 saturated heterocycles. The minimum absolute atomic E-state index is 0.663. The van der Waals surface area contributed by atoms with Gasteiger partial charge in [-0.2, -0.15) is 0 Å². The first-order chi connectivity index (χ1) is 23.8. The van der Waals surface area contributed by atoms with Gasteiger partial charge in [0.05, 0.1) is 21.3 Å². The molecule has 0 fully saturated rings. The van der Waals surface area contributed by atoms with Crippen LogP contribution in [0.15, 0.2) is 152 Å². The number of hydrogen-bond donors (Lipinski definition) is 0. The third-order valence-electron chi connectivity index (χ3n) is 9.06. The van der Waals surface area contributed by atoms with E-state index in [9.17, 15) is 0 Å². The predicted octanol–water partition coefficient (Wildman–Crippen LogP) is 10.9. The van der Waals surface area contributed by atoms with Crippen molar-refractivity contribution in [2.45, 2.75) is 0 Å². The lowest BCUT2D eigenvalue weighted by Gasteiger charge is -2.10. The average Bonchev–Trinajstić information content (AvgIpc) is 3.81. The molecule has 0 spiro atoms. The second kappa shape index (κ2) is 10.7. The zero-order valence-electron chi connectivity index (χ0n) is 25.6. The van der Waals surface area contributed by atoms with Gasteiger partial charge in [-0.1, -0.05) is 127 Å². The first-order valence-corrected chi connectivity index (χ1v) is 16.7. The fraction of sp³-hybridized carbons (Fsp3) is 0. The summed E-state index contributed by atoms with van der Waals surface area (Å²) in [4.78, 5) is 15.2. The van der Waals surface area contributed by atoms with E-state index in [1.807, 2.05) is 53.0 Å². The lowest BCUT2D eigenvalue weighted by Crippen LogP contribution is -1.97. The summed E-state index contributed by atoms with van der Waals surface area (Å²) in [6.07, 6.45) is 0. The fourth-order valence-corrected chi connectivity index (χ4v) is 7.91. The van der Waals surface area contributed by atoms with Crippen LogP contribution in [0.25, 0.3) is 92.8 Å². The van der Waals surface area contributed by atoms with E-state index in [1.165, 1.54) is 26.2 Å². The van der Waals surface area contributed by atoms with Crippen LogP contribution in [-0.2, 0) is 0 Å². The lowest BCUT2D eigenvalue weighted by atomic mass is 9.94. The van der Waals surface area contributed by atoms with Gasteiger partial charge in [-0.25, -0.2) is 19.5 Å². The van der Waals surface area contributed by atoms with Gasteiger partial charge in [0.1, 0.15) is 10.7 Å². The molecule has 0 aliphatic heterocycles. The van der Waals surface area contributed by atoms with Crippen LogP contribution >= 0.6 is 11.3 Å². The van der Waals surface area contributed by atoms with Gasteiger partial charge in [-0.3, -0.25) is 0 Å². The SMILES string of the molecule is c1ccc(-c2nc3ccc4ccc5ccc(-c6ccccc6-c6nc7c(-c8ccccc8)nc8ccccc8n7n6)cc5c4c3s2)cc1. The van der Waals surface area contributed by atoms with Crippen molar-refractivity contribution in [3.63, 3.8) is 0 Å². The van der Waals surface area contributed by atoms with Crippen molar-refractivity contribution < 1.29 is 0 Å². The number of aromatic nitrogens is 5. The average molecular weight is 632 g/mol. The molecule has 7 aromatic carbocycles. The highest BCUT2D eigenvalue weighted by Crippen LogP contribution is 2.41. The molecule has 6 heteroatoms. The molecule has 0 aliphatic rings. The van der Waals surface area contributed by atoms with Gasteiger partial charge < -0.3 is 0 Å². The molecule has 48 heavy (non-hydrogen) atoms. The Hall–Kier alpha value is -6.24. The Labute approximate surface area is 279 Å². The van der Waals surface area contributed by atoms with E-state index in [0.717, 1.165) is 60.7 Å². The maximum atomic E-state index is 5.16. The molecular weight excluding hydrogens is 607 g/mol. The van der Waals surface area contributed by atoms with Crippen LogP contribution < -0.4 is 0 Å². The Kier molecular flexibility index (Phi) is 5.98. The number of benzene rings is 7. The molecule has 5 nitrogen and oxygen atoms in total. The van der Waals surface area contributed by atoms with Gasteiger partial charge in [0.2, 0.25) is 0 Å². The topological polar surface area (TPSA) is 56.0 Å². The van der Waals surface area contributed by atoms with E-state index in [2.05, 4.69) is 103 Å². The molecule has 10 rings (SSSR count). The monoisotopic (exact) mass is 631 g/mol. The zero-order valence-corrected chi connectivity index (χ0v) is 26.4. The minimum Gasteiger partial charge on any atom is -0.242 e. The smallest absolute Gasteiger partial charge is 0.182 e. The Balaban J connectivity index is 1.18.